The van der Waals surface area contributed by atoms with Crippen molar-refractivity contribution in [2.24, 2.45) is 0 Å². The average Bonchev–Trinajstić information content (AvgIpc) is 2.84. The van der Waals surface area contributed by atoms with E-state index in [9.17, 15) is 9.18 Å². The van der Waals surface area contributed by atoms with Gasteiger partial charge in [-0.05, 0) is 48.0 Å². The van der Waals surface area contributed by atoms with Crippen LogP contribution in [0.3, 0.4) is 0 Å². The lowest BCUT2D eigenvalue weighted by Crippen LogP contribution is -2.14. The van der Waals surface area contributed by atoms with Gasteiger partial charge in [-0.15, -0.1) is 0 Å². The topological polar surface area (TPSA) is 44.9 Å². The van der Waals surface area contributed by atoms with Crippen molar-refractivity contribution >= 4 is 34.1 Å². The quantitative estimate of drug-likeness (QED) is 0.750. The number of halogens is 2. The molecule has 0 fully saturated rings. The third-order valence-corrected chi connectivity index (χ3v) is 3.44. The smallest absolute Gasteiger partial charge is 0.228 e. The number of nitrogens with one attached hydrogen (secondary N) is 2. The summed E-state index contributed by atoms with van der Waals surface area (Å²) in [4.78, 5) is 15.1. The van der Waals surface area contributed by atoms with Gasteiger partial charge in [-0.1, -0.05) is 11.6 Å². The van der Waals surface area contributed by atoms with Crippen molar-refractivity contribution in [1.82, 2.24) is 4.98 Å². The molecule has 1 amide bonds. The zero-order chi connectivity index (χ0) is 14.8. The summed E-state index contributed by atoms with van der Waals surface area (Å²) in [6.45, 7) is 0. The Bertz CT molecular complexity index is 796. The van der Waals surface area contributed by atoms with Crippen LogP contribution in [0.4, 0.5) is 10.1 Å². The molecule has 0 atom stereocenters. The Balaban J connectivity index is 1.77. The minimum atomic E-state index is -0.334. The lowest BCUT2D eigenvalue weighted by atomic mass is 10.1. The fraction of sp³-hybridized carbons (Fsp3) is 0.0625. The molecule has 0 aliphatic rings. The van der Waals surface area contributed by atoms with Gasteiger partial charge in [-0.2, -0.15) is 0 Å². The second-order valence-electron chi connectivity index (χ2n) is 4.74. The molecule has 0 saturated heterocycles. The molecule has 0 aliphatic carbocycles. The van der Waals surface area contributed by atoms with Crippen LogP contribution in [-0.4, -0.2) is 10.9 Å². The van der Waals surface area contributed by atoms with Crippen LogP contribution in [0.15, 0.2) is 48.7 Å². The highest BCUT2D eigenvalue weighted by Gasteiger charge is 2.09. The minimum Gasteiger partial charge on any atom is -0.361 e. The highest BCUT2D eigenvalue weighted by atomic mass is 35.5. The Labute approximate surface area is 125 Å². The van der Waals surface area contributed by atoms with E-state index in [1.807, 2.05) is 12.1 Å². The predicted molar refractivity (Wildman–Crippen MR) is 82.0 cm³/mol. The molecule has 0 aliphatic heterocycles. The average molecular weight is 303 g/mol. The van der Waals surface area contributed by atoms with Gasteiger partial charge in [0.15, 0.2) is 0 Å². The minimum absolute atomic E-state index is 0.164. The Hall–Kier alpha value is -2.33. The fourth-order valence-electron chi connectivity index (χ4n) is 2.21. The molecule has 21 heavy (non-hydrogen) atoms. The second-order valence-corrected chi connectivity index (χ2v) is 5.17. The molecule has 3 rings (SSSR count). The third kappa shape index (κ3) is 3.06. The van der Waals surface area contributed by atoms with E-state index in [1.54, 1.807) is 12.3 Å². The summed E-state index contributed by atoms with van der Waals surface area (Å²) in [7, 11) is 0. The SMILES string of the molecule is O=C(Cc1c[nH]c2ccc(Cl)cc12)Nc1ccc(F)cc1. The van der Waals surface area contributed by atoms with Gasteiger partial charge in [-0.3, -0.25) is 4.79 Å². The molecule has 2 N–H and O–H groups in total. The first kappa shape index (κ1) is 13.6. The molecule has 3 nitrogen and oxygen atoms in total. The maximum absolute atomic E-state index is 12.8. The van der Waals surface area contributed by atoms with E-state index in [4.69, 9.17) is 11.6 Å². The first-order valence-electron chi connectivity index (χ1n) is 6.43. The second kappa shape index (κ2) is 5.58. The van der Waals surface area contributed by atoms with Gasteiger partial charge in [0.1, 0.15) is 5.82 Å². The summed E-state index contributed by atoms with van der Waals surface area (Å²) in [5.74, 6) is -0.498. The molecule has 2 aromatic carbocycles. The lowest BCUT2D eigenvalue weighted by Gasteiger charge is -2.04. The van der Waals surface area contributed by atoms with Crippen molar-refractivity contribution in [1.29, 1.82) is 0 Å². The number of amides is 1. The molecular weight excluding hydrogens is 291 g/mol. The molecular formula is C16H12ClFN2O. The molecule has 0 spiro atoms. The largest absolute Gasteiger partial charge is 0.361 e. The van der Waals surface area contributed by atoms with E-state index in [2.05, 4.69) is 10.3 Å². The number of anilines is 1. The van der Waals surface area contributed by atoms with Gasteiger partial charge in [0.05, 0.1) is 6.42 Å². The summed E-state index contributed by atoms with van der Waals surface area (Å²) < 4.78 is 12.8. The third-order valence-electron chi connectivity index (χ3n) is 3.21. The maximum atomic E-state index is 12.8. The molecule has 5 heteroatoms. The van der Waals surface area contributed by atoms with Crippen molar-refractivity contribution in [2.75, 3.05) is 5.32 Å². The van der Waals surface area contributed by atoms with E-state index in [0.29, 0.717) is 10.7 Å². The molecule has 0 bridgehead atoms. The van der Waals surface area contributed by atoms with Crippen LogP contribution in [-0.2, 0) is 11.2 Å². The number of hydrogen-bond acceptors (Lipinski definition) is 1. The summed E-state index contributed by atoms with van der Waals surface area (Å²) in [5.41, 5.74) is 2.37. The number of carbonyl (C=O) groups is 1. The van der Waals surface area contributed by atoms with Crippen molar-refractivity contribution < 1.29 is 9.18 Å². The van der Waals surface area contributed by atoms with Gasteiger partial charge < -0.3 is 10.3 Å². The van der Waals surface area contributed by atoms with Crippen molar-refractivity contribution in [3.63, 3.8) is 0 Å². The Morgan fingerprint density at radius 3 is 2.71 bits per heavy atom. The summed E-state index contributed by atoms with van der Waals surface area (Å²) >= 11 is 5.98. The predicted octanol–water partition coefficient (Wildman–Crippen LogP) is 4.14. The van der Waals surface area contributed by atoms with Crippen LogP contribution in [0.2, 0.25) is 5.02 Å². The maximum Gasteiger partial charge on any atom is 0.228 e. The first-order valence-corrected chi connectivity index (χ1v) is 6.80. The Morgan fingerprint density at radius 2 is 1.95 bits per heavy atom. The number of aromatic amines is 1. The van der Waals surface area contributed by atoms with Gasteiger partial charge in [0, 0.05) is 27.8 Å². The fourth-order valence-corrected chi connectivity index (χ4v) is 2.38. The van der Waals surface area contributed by atoms with Gasteiger partial charge in [-0.25, -0.2) is 4.39 Å². The van der Waals surface area contributed by atoms with Crippen LogP contribution < -0.4 is 5.32 Å². The van der Waals surface area contributed by atoms with Gasteiger partial charge in [0.25, 0.3) is 0 Å². The van der Waals surface area contributed by atoms with E-state index >= 15 is 0 Å². The molecule has 1 heterocycles. The van der Waals surface area contributed by atoms with Crippen LogP contribution >= 0.6 is 11.6 Å². The number of fused-ring (bicyclic) bond motifs is 1. The molecule has 0 saturated carbocycles. The van der Waals surface area contributed by atoms with Crippen LogP contribution in [0.25, 0.3) is 10.9 Å². The van der Waals surface area contributed by atoms with Crippen molar-refractivity contribution in [3.8, 4) is 0 Å². The zero-order valence-electron chi connectivity index (χ0n) is 11.0. The highest BCUT2D eigenvalue weighted by Crippen LogP contribution is 2.23. The first-order chi connectivity index (χ1) is 10.1. The van der Waals surface area contributed by atoms with Crippen molar-refractivity contribution in [3.05, 3.63) is 65.1 Å². The number of benzene rings is 2. The van der Waals surface area contributed by atoms with Crippen LogP contribution in [0, 0.1) is 5.82 Å². The molecule has 3 aromatic rings. The van der Waals surface area contributed by atoms with Gasteiger partial charge in [0.2, 0.25) is 5.91 Å². The van der Waals surface area contributed by atoms with E-state index in [1.165, 1.54) is 24.3 Å². The monoisotopic (exact) mass is 302 g/mol. The number of H-pyrrole nitrogens is 1. The summed E-state index contributed by atoms with van der Waals surface area (Å²) in [6, 6.07) is 11.2. The van der Waals surface area contributed by atoms with Crippen LogP contribution in [0.5, 0.6) is 0 Å². The molecule has 106 valence electrons. The van der Waals surface area contributed by atoms with E-state index < -0.39 is 0 Å². The normalized spacial score (nSPS) is 10.8. The number of hydrogen-bond donors (Lipinski definition) is 2. The summed E-state index contributed by atoms with van der Waals surface area (Å²) in [6.07, 6.45) is 2.02. The standard InChI is InChI=1S/C16H12ClFN2O/c17-11-1-6-15-14(8-11)10(9-19-15)7-16(21)20-13-4-2-12(18)3-5-13/h1-6,8-9,19H,7H2,(H,20,21). The zero-order valence-corrected chi connectivity index (χ0v) is 11.7. The molecule has 1 aromatic heterocycles. The highest BCUT2D eigenvalue weighted by molar-refractivity contribution is 6.31. The number of aromatic nitrogens is 1. The molecule has 0 radical (unpaired) electrons. The number of carbonyl (C=O) groups excluding carboxylic acids is 1. The molecule has 0 unspecified atom stereocenters. The Kier molecular flexibility index (Phi) is 3.62. The summed E-state index contributed by atoms with van der Waals surface area (Å²) in [5, 5.41) is 4.29. The Morgan fingerprint density at radius 1 is 1.19 bits per heavy atom. The van der Waals surface area contributed by atoms with E-state index in [0.717, 1.165) is 16.5 Å². The van der Waals surface area contributed by atoms with Crippen molar-refractivity contribution in [2.45, 2.75) is 6.42 Å². The van der Waals surface area contributed by atoms with Crippen LogP contribution in [0.1, 0.15) is 5.56 Å². The van der Waals surface area contributed by atoms with E-state index in [-0.39, 0.29) is 18.1 Å². The lowest BCUT2D eigenvalue weighted by molar-refractivity contribution is -0.115. The van der Waals surface area contributed by atoms with Gasteiger partial charge >= 0.3 is 0 Å². The number of rotatable bonds is 3.